The van der Waals surface area contributed by atoms with Crippen LogP contribution in [0.3, 0.4) is 0 Å². The van der Waals surface area contributed by atoms with Gasteiger partial charge < -0.3 is 19.7 Å². The van der Waals surface area contributed by atoms with Crippen molar-refractivity contribution in [3.8, 4) is 0 Å². The highest BCUT2D eigenvalue weighted by Crippen LogP contribution is 1.95. The van der Waals surface area contributed by atoms with E-state index in [1.165, 1.54) is 6.92 Å². The van der Waals surface area contributed by atoms with Crippen LogP contribution in [0.15, 0.2) is 0 Å². The summed E-state index contributed by atoms with van der Waals surface area (Å²) in [5.41, 5.74) is 0. The maximum Gasteiger partial charge on any atom is 0.347 e. The standard InChI is InChI=1S/C7H10O7/c1-4(14-6(11)2-8)7(12)13-3-5(9)10/h4,8H,2-3H2,1H3,(H,9,10). The van der Waals surface area contributed by atoms with E-state index in [4.69, 9.17) is 10.2 Å². The van der Waals surface area contributed by atoms with Crippen LogP contribution in [-0.4, -0.2) is 47.4 Å². The Morgan fingerprint density at radius 3 is 2.36 bits per heavy atom. The molecule has 14 heavy (non-hydrogen) atoms. The average molecular weight is 206 g/mol. The highest BCUT2D eigenvalue weighted by atomic mass is 16.6. The minimum absolute atomic E-state index is 0.792. The van der Waals surface area contributed by atoms with E-state index in [0.717, 1.165) is 0 Å². The Kier molecular flexibility index (Phi) is 5.23. The van der Waals surface area contributed by atoms with Crippen LogP contribution in [0, 0.1) is 0 Å². The van der Waals surface area contributed by atoms with Gasteiger partial charge in [-0.2, -0.15) is 0 Å². The van der Waals surface area contributed by atoms with Gasteiger partial charge in [-0.15, -0.1) is 0 Å². The van der Waals surface area contributed by atoms with Gasteiger partial charge in [-0.3, -0.25) is 0 Å². The molecule has 7 nitrogen and oxygen atoms in total. The first-order valence-corrected chi connectivity index (χ1v) is 3.66. The Morgan fingerprint density at radius 2 is 1.93 bits per heavy atom. The molecule has 0 fully saturated rings. The first-order chi connectivity index (χ1) is 6.47. The highest BCUT2D eigenvalue weighted by Gasteiger charge is 2.19. The summed E-state index contributed by atoms with van der Waals surface area (Å²) < 4.78 is 8.55. The van der Waals surface area contributed by atoms with E-state index >= 15 is 0 Å². The van der Waals surface area contributed by atoms with Gasteiger partial charge >= 0.3 is 17.9 Å². The minimum atomic E-state index is -1.31. The van der Waals surface area contributed by atoms with Crippen molar-refractivity contribution in [3.63, 3.8) is 0 Å². The van der Waals surface area contributed by atoms with Gasteiger partial charge in [0, 0.05) is 0 Å². The van der Waals surface area contributed by atoms with Crippen LogP contribution in [0.5, 0.6) is 0 Å². The topological polar surface area (TPSA) is 110 Å². The smallest absolute Gasteiger partial charge is 0.347 e. The van der Waals surface area contributed by atoms with E-state index in [2.05, 4.69) is 9.47 Å². The molecule has 2 N–H and O–H groups in total. The van der Waals surface area contributed by atoms with Crippen LogP contribution in [0.1, 0.15) is 6.92 Å². The maximum absolute atomic E-state index is 10.9. The van der Waals surface area contributed by atoms with Gasteiger partial charge in [-0.25, -0.2) is 14.4 Å². The predicted molar refractivity (Wildman–Crippen MR) is 41.2 cm³/mol. The van der Waals surface area contributed by atoms with Crippen molar-refractivity contribution >= 4 is 17.9 Å². The number of aliphatic hydroxyl groups is 1. The van der Waals surface area contributed by atoms with Crippen molar-refractivity contribution in [2.45, 2.75) is 13.0 Å². The highest BCUT2D eigenvalue weighted by molar-refractivity contribution is 5.81. The van der Waals surface area contributed by atoms with Crippen molar-refractivity contribution in [2.75, 3.05) is 13.2 Å². The number of aliphatic hydroxyl groups excluding tert-OH is 1. The Bertz CT molecular complexity index is 234. The van der Waals surface area contributed by atoms with E-state index in [1.807, 2.05) is 0 Å². The molecule has 0 saturated heterocycles. The van der Waals surface area contributed by atoms with E-state index in [9.17, 15) is 14.4 Å². The van der Waals surface area contributed by atoms with Gasteiger partial charge in [0.25, 0.3) is 0 Å². The van der Waals surface area contributed by atoms with Crippen molar-refractivity contribution < 1.29 is 34.1 Å². The van der Waals surface area contributed by atoms with Gasteiger partial charge in [-0.1, -0.05) is 0 Å². The largest absolute Gasteiger partial charge is 0.479 e. The fourth-order valence-corrected chi connectivity index (χ4v) is 0.533. The minimum Gasteiger partial charge on any atom is -0.479 e. The fraction of sp³-hybridized carbons (Fsp3) is 0.571. The number of carboxylic acid groups (broad SMARTS) is 1. The number of ether oxygens (including phenoxy) is 2. The summed E-state index contributed by atoms with van der Waals surface area (Å²) in [5.74, 6) is -3.27. The van der Waals surface area contributed by atoms with Crippen molar-refractivity contribution in [1.29, 1.82) is 0 Å². The van der Waals surface area contributed by atoms with Crippen LogP contribution < -0.4 is 0 Å². The Labute approximate surface area is 79.2 Å². The summed E-state index contributed by atoms with van der Waals surface area (Å²) >= 11 is 0. The molecular weight excluding hydrogens is 196 g/mol. The molecule has 0 amide bonds. The first-order valence-electron chi connectivity index (χ1n) is 3.66. The van der Waals surface area contributed by atoms with Gasteiger partial charge in [0.05, 0.1) is 0 Å². The molecule has 0 spiro atoms. The number of carboxylic acids is 1. The zero-order chi connectivity index (χ0) is 11.1. The molecule has 0 heterocycles. The Morgan fingerprint density at radius 1 is 1.36 bits per heavy atom. The monoisotopic (exact) mass is 206 g/mol. The van der Waals surface area contributed by atoms with Crippen LogP contribution in [0.2, 0.25) is 0 Å². The Balaban J connectivity index is 3.87. The lowest BCUT2D eigenvalue weighted by molar-refractivity contribution is -0.170. The van der Waals surface area contributed by atoms with Crippen LogP contribution in [-0.2, 0) is 23.9 Å². The van der Waals surface area contributed by atoms with E-state index in [-0.39, 0.29) is 0 Å². The van der Waals surface area contributed by atoms with Crippen LogP contribution in [0.25, 0.3) is 0 Å². The quantitative estimate of drug-likeness (QED) is 0.529. The number of esters is 2. The third-order valence-corrected chi connectivity index (χ3v) is 1.11. The molecule has 0 aromatic heterocycles. The summed E-state index contributed by atoms with van der Waals surface area (Å²) in [6.07, 6.45) is -1.23. The normalized spacial score (nSPS) is 11.6. The lowest BCUT2D eigenvalue weighted by atomic mass is 10.4. The first kappa shape index (κ1) is 12.4. The van der Waals surface area contributed by atoms with E-state index in [1.54, 1.807) is 0 Å². The zero-order valence-electron chi connectivity index (χ0n) is 7.43. The molecule has 0 saturated carbocycles. The molecule has 0 radical (unpaired) electrons. The van der Waals surface area contributed by atoms with Crippen molar-refractivity contribution in [3.05, 3.63) is 0 Å². The maximum atomic E-state index is 10.9. The number of rotatable bonds is 5. The fourth-order valence-electron chi connectivity index (χ4n) is 0.533. The molecule has 0 aromatic carbocycles. The average Bonchev–Trinajstić information content (AvgIpc) is 2.13. The van der Waals surface area contributed by atoms with Gasteiger partial charge in [-0.05, 0) is 6.92 Å². The third-order valence-electron chi connectivity index (χ3n) is 1.11. The summed E-state index contributed by atoms with van der Waals surface area (Å²) in [5, 5.41) is 16.4. The van der Waals surface area contributed by atoms with Crippen molar-refractivity contribution in [1.82, 2.24) is 0 Å². The number of hydrogen-bond donors (Lipinski definition) is 2. The molecule has 0 rings (SSSR count). The summed E-state index contributed by atoms with van der Waals surface area (Å²) in [4.78, 5) is 31.3. The number of carbonyl (C=O) groups excluding carboxylic acids is 2. The lowest BCUT2D eigenvalue weighted by Gasteiger charge is -2.10. The molecule has 1 unspecified atom stereocenters. The number of carbonyl (C=O) groups is 3. The summed E-state index contributed by atoms with van der Waals surface area (Å²) in [7, 11) is 0. The zero-order valence-corrected chi connectivity index (χ0v) is 7.43. The second-order valence-corrected chi connectivity index (χ2v) is 2.29. The van der Waals surface area contributed by atoms with Gasteiger partial charge in [0.1, 0.15) is 6.61 Å². The summed E-state index contributed by atoms with van der Waals surface area (Å²) in [6.45, 7) is -0.436. The molecule has 7 heteroatoms. The van der Waals surface area contributed by atoms with Crippen LogP contribution >= 0.6 is 0 Å². The predicted octanol–water partition coefficient (Wildman–Crippen LogP) is -1.46. The molecular formula is C7H10O7. The number of aliphatic carboxylic acids is 1. The van der Waals surface area contributed by atoms with Gasteiger partial charge in [0.2, 0.25) is 0 Å². The molecule has 80 valence electrons. The molecule has 0 aliphatic carbocycles. The second-order valence-electron chi connectivity index (χ2n) is 2.29. The van der Waals surface area contributed by atoms with Gasteiger partial charge in [0.15, 0.2) is 12.7 Å². The molecule has 0 aliphatic heterocycles. The Hall–Kier alpha value is -1.63. The van der Waals surface area contributed by atoms with E-state index < -0.39 is 37.2 Å². The summed E-state index contributed by atoms with van der Waals surface area (Å²) in [6, 6.07) is 0. The number of hydrogen-bond acceptors (Lipinski definition) is 6. The van der Waals surface area contributed by atoms with Crippen molar-refractivity contribution in [2.24, 2.45) is 0 Å². The van der Waals surface area contributed by atoms with Crippen LogP contribution in [0.4, 0.5) is 0 Å². The molecule has 0 bridgehead atoms. The SMILES string of the molecule is CC(OC(=O)CO)C(=O)OCC(=O)O. The molecule has 0 aliphatic rings. The second kappa shape index (κ2) is 5.92. The molecule has 1 atom stereocenters. The third kappa shape index (κ3) is 5.09. The lowest BCUT2D eigenvalue weighted by Crippen LogP contribution is -2.28. The van der Waals surface area contributed by atoms with E-state index in [0.29, 0.717) is 0 Å². The molecule has 0 aromatic rings.